The van der Waals surface area contributed by atoms with Gasteiger partial charge in [-0.15, -0.1) is 0 Å². The van der Waals surface area contributed by atoms with Crippen molar-refractivity contribution in [3.8, 4) is 0 Å². The van der Waals surface area contributed by atoms with E-state index >= 15 is 0 Å². The predicted molar refractivity (Wildman–Crippen MR) is 153 cm³/mol. The van der Waals surface area contributed by atoms with Crippen molar-refractivity contribution in [3.63, 3.8) is 0 Å². The summed E-state index contributed by atoms with van der Waals surface area (Å²) in [7, 11) is 0. The van der Waals surface area contributed by atoms with E-state index in [-0.39, 0.29) is 17.3 Å². The van der Waals surface area contributed by atoms with Gasteiger partial charge >= 0.3 is 0 Å². The molecule has 0 aromatic heterocycles. The topological polar surface area (TPSA) is 91.7 Å². The summed E-state index contributed by atoms with van der Waals surface area (Å²) in [5.41, 5.74) is 1.69. The van der Waals surface area contributed by atoms with Gasteiger partial charge in [-0.3, -0.25) is 14.4 Å². The second kappa shape index (κ2) is 12.6. The van der Waals surface area contributed by atoms with Crippen LogP contribution in [-0.2, 0) is 6.42 Å². The summed E-state index contributed by atoms with van der Waals surface area (Å²) in [5.74, 6) is -0.548. The maximum Gasteiger partial charge on any atom is 0.193 e. The molecule has 4 aromatic rings. The minimum absolute atomic E-state index is 0.0752. The van der Waals surface area contributed by atoms with Crippen LogP contribution < -0.4 is 0 Å². The lowest BCUT2D eigenvalue weighted by molar-refractivity contribution is 0.0487. The second-order valence-corrected chi connectivity index (χ2v) is 10.4. The number of carbonyl (C=O) groups excluding carboxylic acids is 3. The molecule has 0 aliphatic rings. The molecule has 200 valence electrons. The quantitative estimate of drug-likeness (QED) is 0.273. The van der Waals surface area contributed by atoms with Crippen molar-refractivity contribution in [2.24, 2.45) is 0 Å². The summed E-state index contributed by atoms with van der Waals surface area (Å²) in [6.07, 6.45) is 0.661. The SMILES string of the molecule is CC(C)(O)C(=O)c1ccc(Cc2ccc(C(=O)C(C)(C)O)cc2)cc1.O=C(c1ccccc1)c1ccccc1. The monoisotopic (exact) mass is 522 g/mol. The number of rotatable bonds is 8. The Morgan fingerprint density at radius 3 is 1.08 bits per heavy atom. The van der Waals surface area contributed by atoms with E-state index in [4.69, 9.17) is 0 Å². The molecule has 4 rings (SSSR count). The molecule has 0 heterocycles. The number of ketones is 3. The van der Waals surface area contributed by atoms with Gasteiger partial charge in [-0.05, 0) is 45.2 Å². The van der Waals surface area contributed by atoms with Crippen LogP contribution in [0.1, 0.15) is 75.5 Å². The van der Waals surface area contributed by atoms with Crippen LogP contribution in [-0.4, -0.2) is 38.8 Å². The van der Waals surface area contributed by atoms with E-state index in [9.17, 15) is 24.6 Å². The molecule has 0 atom stereocenters. The van der Waals surface area contributed by atoms with Crippen molar-refractivity contribution in [1.82, 2.24) is 0 Å². The minimum Gasteiger partial charge on any atom is -0.382 e. The maximum absolute atomic E-state index is 12.0. The van der Waals surface area contributed by atoms with Crippen LogP contribution in [0.15, 0.2) is 109 Å². The highest BCUT2D eigenvalue weighted by Crippen LogP contribution is 2.18. The van der Waals surface area contributed by atoms with Crippen molar-refractivity contribution < 1.29 is 24.6 Å². The van der Waals surface area contributed by atoms with Gasteiger partial charge in [-0.1, -0.05) is 109 Å². The summed E-state index contributed by atoms with van der Waals surface area (Å²) in [4.78, 5) is 35.9. The van der Waals surface area contributed by atoms with Crippen LogP contribution in [0, 0.1) is 0 Å². The molecule has 0 amide bonds. The number of hydrogen-bond acceptors (Lipinski definition) is 5. The summed E-state index contributed by atoms with van der Waals surface area (Å²) >= 11 is 0. The van der Waals surface area contributed by atoms with E-state index in [0.29, 0.717) is 17.5 Å². The number of carbonyl (C=O) groups is 3. The first-order valence-corrected chi connectivity index (χ1v) is 12.7. The summed E-state index contributed by atoms with van der Waals surface area (Å²) in [5, 5.41) is 19.6. The molecule has 5 heteroatoms. The Morgan fingerprint density at radius 2 is 0.795 bits per heavy atom. The van der Waals surface area contributed by atoms with Crippen LogP contribution in [0.2, 0.25) is 0 Å². The third-order valence-electron chi connectivity index (χ3n) is 6.02. The first-order valence-electron chi connectivity index (χ1n) is 12.7. The Labute approximate surface area is 229 Å². The highest BCUT2D eigenvalue weighted by atomic mass is 16.3. The smallest absolute Gasteiger partial charge is 0.193 e. The lowest BCUT2D eigenvalue weighted by atomic mass is 9.94. The average molecular weight is 523 g/mol. The first kappa shape index (κ1) is 29.4. The van der Waals surface area contributed by atoms with E-state index < -0.39 is 11.2 Å². The number of benzene rings is 4. The highest BCUT2D eigenvalue weighted by molar-refractivity contribution is 6.08. The third kappa shape index (κ3) is 8.40. The van der Waals surface area contributed by atoms with E-state index in [2.05, 4.69) is 0 Å². The molecule has 0 aliphatic carbocycles. The minimum atomic E-state index is -1.38. The van der Waals surface area contributed by atoms with Crippen LogP contribution in [0.5, 0.6) is 0 Å². The Bertz CT molecular complexity index is 1280. The Kier molecular flexibility index (Phi) is 9.47. The van der Waals surface area contributed by atoms with Crippen molar-refractivity contribution in [1.29, 1.82) is 0 Å². The molecule has 0 spiro atoms. The fourth-order valence-corrected chi connectivity index (χ4v) is 3.84. The second-order valence-electron chi connectivity index (χ2n) is 10.4. The zero-order valence-electron chi connectivity index (χ0n) is 22.7. The van der Waals surface area contributed by atoms with Crippen LogP contribution in [0.25, 0.3) is 0 Å². The van der Waals surface area contributed by atoms with E-state index in [1.54, 1.807) is 24.3 Å². The zero-order valence-corrected chi connectivity index (χ0v) is 22.7. The van der Waals surface area contributed by atoms with Gasteiger partial charge in [0.2, 0.25) is 0 Å². The van der Waals surface area contributed by atoms with Gasteiger partial charge in [0.05, 0.1) is 0 Å². The molecular weight excluding hydrogens is 488 g/mol. The number of aliphatic hydroxyl groups is 2. The zero-order chi connectivity index (χ0) is 28.6. The molecule has 0 saturated carbocycles. The van der Waals surface area contributed by atoms with Gasteiger partial charge in [0, 0.05) is 22.3 Å². The Hall–Kier alpha value is -4.19. The van der Waals surface area contributed by atoms with Gasteiger partial charge in [0.1, 0.15) is 11.2 Å². The molecule has 39 heavy (non-hydrogen) atoms. The molecule has 0 saturated heterocycles. The van der Waals surface area contributed by atoms with Crippen molar-refractivity contribution in [2.45, 2.75) is 45.3 Å². The first-order chi connectivity index (χ1) is 18.4. The molecule has 0 radical (unpaired) electrons. The number of Topliss-reactive ketones (excluding diaryl/α,β-unsaturated/α-hetero) is 2. The van der Waals surface area contributed by atoms with Crippen LogP contribution in [0.3, 0.4) is 0 Å². The van der Waals surface area contributed by atoms with Crippen molar-refractivity contribution in [2.75, 3.05) is 0 Å². The molecular formula is C34H34O5. The number of hydrogen-bond donors (Lipinski definition) is 2. The fraction of sp³-hybridized carbons (Fsp3) is 0.206. The molecule has 0 aliphatic heterocycles. The predicted octanol–water partition coefficient (Wildman–Crippen LogP) is 6.10. The van der Waals surface area contributed by atoms with E-state index in [1.165, 1.54) is 27.7 Å². The van der Waals surface area contributed by atoms with Gasteiger partial charge in [-0.2, -0.15) is 0 Å². The van der Waals surface area contributed by atoms with Crippen LogP contribution in [0.4, 0.5) is 0 Å². The van der Waals surface area contributed by atoms with Crippen molar-refractivity contribution >= 4 is 17.3 Å². The molecule has 0 unspecified atom stereocenters. The summed E-state index contributed by atoms with van der Waals surface area (Å²) < 4.78 is 0. The molecule has 2 N–H and O–H groups in total. The highest BCUT2D eigenvalue weighted by Gasteiger charge is 2.25. The third-order valence-corrected chi connectivity index (χ3v) is 6.02. The van der Waals surface area contributed by atoms with Gasteiger partial charge < -0.3 is 10.2 Å². The lowest BCUT2D eigenvalue weighted by Crippen LogP contribution is -2.31. The lowest BCUT2D eigenvalue weighted by Gasteiger charge is -2.16. The van der Waals surface area contributed by atoms with Crippen molar-refractivity contribution in [3.05, 3.63) is 143 Å². The fourth-order valence-electron chi connectivity index (χ4n) is 3.84. The van der Waals surface area contributed by atoms with Gasteiger partial charge in [-0.25, -0.2) is 0 Å². The molecule has 5 nitrogen and oxygen atoms in total. The Balaban J connectivity index is 0.000000252. The molecule has 0 bridgehead atoms. The average Bonchev–Trinajstić information content (AvgIpc) is 2.93. The van der Waals surface area contributed by atoms with Gasteiger partial charge in [0.15, 0.2) is 17.3 Å². The molecule has 0 fully saturated rings. The standard InChI is InChI=1S/C21H24O4.C13H10O/c1-20(2,24)18(22)16-9-5-14(6-10-16)13-15-7-11-17(12-8-15)19(23)21(3,4)25;14-13(11-7-3-1-4-8-11)12-9-5-2-6-10-12/h5-12,24-25H,13H2,1-4H3;1-10H. The largest absolute Gasteiger partial charge is 0.382 e. The Morgan fingerprint density at radius 1 is 0.487 bits per heavy atom. The maximum atomic E-state index is 12.0. The summed E-state index contributed by atoms with van der Waals surface area (Å²) in [6.45, 7) is 5.89. The van der Waals surface area contributed by atoms with Crippen LogP contribution >= 0.6 is 0 Å². The molecule has 4 aromatic carbocycles. The normalized spacial score (nSPS) is 11.2. The van der Waals surface area contributed by atoms with Gasteiger partial charge in [0.25, 0.3) is 0 Å². The van der Waals surface area contributed by atoms with E-state index in [1.807, 2.05) is 84.9 Å². The summed E-state index contributed by atoms with van der Waals surface area (Å²) in [6, 6.07) is 32.9. The van der Waals surface area contributed by atoms with E-state index in [0.717, 1.165) is 22.3 Å².